The highest BCUT2D eigenvalue weighted by Gasteiger charge is 2.26. The fourth-order valence-electron chi connectivity index (χ4n) is 2.15. The zero-order valence-corrected chi connectivity index (χ0v) is 12.1. The van der Waals surface area contributed by atoms with Gasteiger partial charge in [-0.05, 0) is 25.1 Å². The lowest BCUT2D eigenvalue weighted by molar-refractivity contribution is 0.225. The van der Waals surface area contributed by atoms with Gasteiger partial charge in [-0.2, -0.15) is 4.37 Å². The molecular weight excluding hydrogens is 282 g/mol. The standard InChI is InChI=1S/C13H14ClN3OS/c1-9-15-13(19-16-9)17-6-5-12(8-17)18-11-4-2-3-10(14)7-11/h2-4,7,12H,5-6,8H2,1H3. The third-order valence-electron chi connectivity index (χ3n) is 3.03. The molecule has 0 radical (unpaired) electrons. The number of aryl methyl sites for hydroxylation is 1. The summed E-state index contributed by atoms with van der Waals surface area (Å²) in [7, 11) is 0. The number of ether oxygens (including phenoxy) is 1. The second-order valence-corrected chi connectivity index (χ2v) is 5.72. The number of nitrogens with zero attached hydrogens (tertiary/aromatic N) is 3. The zero-order chi connectivity index (χ0) is 13.2. The van der Waals surface area contributed by atoms with E-state index in [1.165, 1.54) is 11.5 Å². The summed E-state index contributed by atoms with van der Waals surface area (Å²) < 4.78 is 10.2. The van der Waals surface area contributed by atoms with Crippen molar-refractivity contribution in [2.45, 2.75) is 19.4 Å². The first-order valence-corrected chi connectivity index (χ1v) is 7.33. The van der Waals surface area contributed by atoms with Crippen LogP contribution in [0.1, 0.15) is 12.2 Å². The SMILES string of the molecule is Cc1nsc(N2CCC(Oc3cccc(Cl)c3)C2)n1. The van der Waals surface area contributed by atoms with Crippen LogP contribution >= 0.6 is 23.1 Å². The van der Waals surface area contributed by atoms with Gasteiger partial charge in [0.05, 0.1) is 6.54 Å². The van der Waals surface area contributed by atoms with Crippen molar-refractivity contribution in [2.75, 3.05) is 18.0 Å². The van der Waals surface area contributed by atoms with Gasteiger partial charge in [-0.1, -0.05) is 17.7 Å². The average Bonchev–Trinajstić information content (AvgIpc) is 2.98. The summed E-state index contributed by atoms with van der Waals surface area (Å²) in [6, 6.07) is 7.53. The number of hydrogen-bond donors (Lipinski definition) is 0. The molecule has 0 spiro atoms. The van der Waals surface area contributed by atoms with Crippen LogP contribution in [0.15, 0.2) is 24.3 Å². The van der Waals surface area contributed by atoms with Crippen LogP contribution in [0.3, 0.4) is 0 Å². The molecule has 1 saturated heterocycles. The van der Waals surface area contributed by atoms with Gasteiger partial charge in [-0.15, -0.1) is 0 Å². The van der Waals surface area contributed by atoms with Crippen molar-refractivity contribution < 1.29 is 4.74 Å². The fourth-order valence-corrected chi connectivity index (χ4v) is 3.03. The number of benzene rings is 1. The maximum atomic E-state index is 5.95. The van der Waals surface area contributed by atoms with E-state index in [0.717, 1.165) is 36.2 Å². The Balaban J connectivity index is 1.63. The van der Waals surface area contributed by atoms with Crippen molar-refractivity contribution in [3.8, 4) is 5.75 Å². The van der Waals surface area contributed by atoms with Crippen LogP contribution in [-0.2, 0) is 0 Å². The van der Waals surface area contributed by atoms with Crippen LogP contribution in [0.2, 0.25) is 5.02 Å². The largest absolute Gasteiger partial charge is 0.488 e. The molecule has 0 amide bonds. The van der Waals surface area contributed by atoms with E-state index in [4.69, 9.17) is 16.3 Å². The van der Waals surface area contributed by atoms with Gasteiger partial charge >= 0.3 is 0 Å². The maximum absolute atomic E-state index is 5.95. The minimum atomic E-state index is 0.183. The Morgan fingerprint density at radius 2 is 2.37 bits per heavy atom. The Bertz CT molecular complexity index is 575. The predicted molar refractivity (Wildman–Crippen MR) is 77.3 cm³/mol. The number of rotatable bonds is 3. The highest BCUT2D eigenvalue weighted by Crippen LogP contribution is 2.25. The van der Waals surface area contributed by atoms with Crippen molar-refractivity contribution in [3.63, 3.8) is 0 Å². The van der Waals surface area contributed by atoms with E-state index in [0.29, 0.717) is 5.02 Å². The molecule has 3 rings (SSSR count). The van der Waals surface area contributed by atoms with Crippen molar-refractivity contribution in [1.82, 2.24) is 9.36 Å². The molecule has 2 heterocycles. The number of hydrogen-bond acceptors (Lipinski definition) is 5. The molecule has 2 aromatic rings. The molecule has 1 aromatic carbocycles. The van der Waals surface area contributed by atoms with Gasteiger partial charge in [0.2, 0.25) is 5.13 Å². The molecule has 1 aliphatic heterocycles. The average molecular weight is 296 g/mol. The monoisotopic (exact) mass is 295 g/mol. The third-order valence-corrected chi connectivity index (χ3v) is 4.13. The summed E-state index contributed by atoms with van der Waals surface area (Å²) in [6.07, 6.45) is 1.17. The molecule has 100 valence electrons. The molecule has 1 atom stereocenters. The van der Waals surface area contributed by atoms with Crippen LogP contribution in [0.5, 0.6) is 5.75 Å². The van der Waals surface area contributed by atoms with E-state index in [9.17, 15) is 0 Å². The van der Waals surface area contributed by atoms with E-state index in [1.807, 2.05) is 31.2 Å². The molecule has 1 unspecified atom stereocenters. The van der Waals surface area contributed by atoms with E-state index in [1.54, 1.807) is 0 Å². The Hall–Kier alpha value is -1.33. The predicted octanol–water partition coefficient (Wildman–Crippen LogP) is 3.16. The molecule has 0 aliphatic carbocycles. The summed E-state index contributed by atoms with van der Waals surface area (Å²) >= 11 is 7.40. The van der Waals surface area contributed by atoms with E-state index >= 15 is 0 Å². The van der Waals surface area contributed by atoms with Gasteiger partial charge in [0.1, 0.15) is 17.7 Å². The van der Waals surface area contributed by atoms with Crippen LogP contribution in [0.25, 0.3) is 0 Å². The number of anilines is 1. The molecule has 1 aromatic heterocycles. The van der Waals surface area contributed by atoms with Crippen molar-refractivity contribution >= 4 is 28.3 Å². The van der Waals surface area contributed by atoms with Gasteiger partial charge in [0.15, 0.2) is 0 Å². The minimum Gasteiger partial charge on any atom is -0.488 e. The summed E-state index contributed by atoms with van der Waals surface area (Å²) in [5, 5.41) is 1.68. The quantitative estimate of drug-likeness (QED) is 0.872. The second-order valence-electron chi connectivity index (χ2n) is 4.56. The van der Waals surface area contributed by atoms with E-state index in [2.05, 4.69) is 14.3 Å². The van der Waals surface area contributed by atoms with Gasteiger partial charge in [0, 0.05) is 29.5 Å². The third kappa shape index (κ3) is 2.98. The topological polar surface area (TPSA) is 38.2 Å². The second kappa shape index (κ2) is 5.35. The highest BCUT2D eigenvalue weighted by atomic mass is 35.5. The van der Waals surface area contributed by atoms with Crippen LogP contribution in [0.4, 0.5) is 5.13 Å². The van der Waals surface area contributed by atoms with Gasteiger partial charge in [-0.3, -0.25) is 0 Å². The Morgan fingerprint density at radius 3 is 3.11 bits per heavy atom. The minimum absolute atomic E-state index is 0.183. The lowest BCUT2D eigenvalue weighted by Crippen LogP contribution is -2.24. The molecule has 6 heteroatoms. The first-order valence-electron chi connectivity index (χ1n) is 6.18. The van der Waals surface area contributed by atoms with Crippen LogP contribution in [0, 0.1) is 6.92 Å². The van der Waals surface area contributed by atoms with E-state index < -0.39 is 0 Å². The normalized spacial score (nSPS) is 18.8. The van der Waals surface area contributed by atoms with Crippen molar-refractivity contribution in [1.29, 1.82) is 0 Å². The zero-order valence-electron chi connectivity index (χ0n) is 10.5. The summed E-state index contributed by atoms with van der Waals surface area (Å²) in [4.78, 5) is 6.63. The fraction of sp³-hybridized carbons (Fsp3) is 0.385. The highest BCUT2D eigenvalue weighted by molar-refractivity contribution is 7.09. The van der Waals surface area contributed by atoms with Gasteiger partial charge in [0.25, 0.3) is 0 Å². The van der Waals surface area contributed by atoms with Crippen molar-refractivity contribution in [2.24, 2.45) is 0 Å². The summed E-state index contributed by atoms with van der Waals surface area (Å²) in [6.45, 7) is 3.72. The van der Waals surface area contributed by atoms with Crippen LogP contribution in [-0.4, -0.2) is 28.6 Å². The number of aromatic nitrogens is 2. The molecular formula is C13H14ClN3OS. The maximum Gasteiger partial charge on any atom is 0.205 e. The Morgan fingerprint density at radius 1 is 1.47 bits per heavy atom. The molecule has 19 heavy (non-hydrogen) atoms. The van der Waals surface area contributed by atoms with Gasteiger partial charge in [-0.25, -0.2) is 4.98 Å². The van der Waals surface area contributed by atoms with Crippen molar-refractivity contribution in [3.05, 3.63) is 35.1 Å². The number of halogens is 1. The molecule has 0 bridgehead atoms. The summed E-state index contributed by atoms with van der Waals surface area (Å²) in [5.74, 6) is 1.66. The molecule has 0 N–H and O–H groups in total. The molecule has 0 saturated carbocycles. The lowest BCUT2D eigenvalue weighted by atomic mass is 10.3. The van der Waals surface area contributed by atoms with E-state index in [-0.39, 0.29) is 6.10 Å². The van der Waals surface area contributed by atoms with Gasteiger partial charge < -0.3 is 9.64 Å². The Kier molecular flexibility index (Phi) is 3.57. The Labute approximate surface area is 121 Å². The lowest BCUT2D eigenvalue weighted by Gasteiger charge is -2.15. The first-order chi connectivity index (χ1) is 9.20. The molecule has 4 nitrogen and oxygen atoms in total. The smallest absolute Gasteiger partial charge is 0.205 e. The summed E-state index contributed by atoms with van der Waals surface area (Å²) in [5.41, 5.74) is 0. The molecule has 1 aliphatic rings. The van der Waals surface area contributed by atoms with Crippen LogP contribution < -0.4 is 9.64 Å². The molecule has 1 fully saturated rings. The first kappa shape index (κ1) is 12.7.